The quantitative estimate of drug-likeness (QED) is 0.753. The predicted molar refractivity (Wildman–Crippen MR) is 75.0 cm³/mol. The average Bonchev–Trinajstić information content (AvgIpc) is 2.45. The number of phenolic OH excluding ortho intramolecular Hbond substituents is 1. The van der Waals surface area contributed by atoms with Gasteiger partial charge in [-0.3, -0.25) is 9.59 Å². The molecule has 0 aliphatic heterocycles. The van der Waals surface area contributed by atoms with Gasteiger partial charge in [-0.15, -0.1) is 0 Å². The van der Waals surface area contributed by atoms with Crippen molar-refractivity contribution in [3.05, 3.63) is 59.9 Å². The lowest BCUT2D eigenvalue weighted by Gasteiger charge is -2.07. The molecular weight excluding hydrogens is 275 g/mol. The number of carbonyl (C=O) groups excluding carboxylic acids is 2. The van der Waals surface area contributed by atoms with Gasteiger partial charge in [-0.25, -0.2) is 4.39 Å². The number of anilines is 1. The van der Waals surface area contributed by atoms with Gasteiger partial charge in [-0.05, 0) is 29.8 Å². The van der Waals surface area contributed by atoms with Crippen molar-refractivity contribution in [3.63, 3.8) is 0 Å². The van der Waals surface area contributed by atoms with E-state index in [0.717, 1.165) is 0 Å². The number of rotatable bonds is 3. The van der Waals surface area contributed by atoms with Crippen LogP contribution in [0.2, 0.25) is 0 Å². The molecule has 0 heterocycles. The lowest BCUT2D eigenvalue weighted by Crippen LogP contribution is -2.34. The number of halogens is 1. The van der Waals surface area contributed by atoms with Crippen LogP contribution in [0.5, 0.6) is 5.75 Å². The Bertz CT molecular complexity index is 673. The van der Waals surface area contributed by atoms with Crippen molar-refractivity contribution in [2.75, 3.05) is 5.32 Å². The van der Waals surface area contributed by atoms with Crippen molar-refractivity contribution in [2.24, 2.45) is 0 Å². The molecule has 3 N–H and O–H groups in total. The van der Waals surface area contributed by atoms with Gasteiger partial charge in [0.2, 0.25) is 0 Å². The topological polar surface area (TPSA) is 78.4 Å². The molecule has 6 heteroatoms. The molecule has 2 amide bonds. The highest BCUT2D eigenvalue weighted by molar-refractivity contribution is 6.39. The lowest BCUT2D eigenvalue weighted by molar-refractivity contribution is -0.136. The molecule has 0 spiro atoms. The van der Waals surface area contributed by atoms with E-state index in [1.807, 2.05) is 0 Å². The van der Waals surface area contributed by atoms with E-state index in [2.05, 4.69) is 10.6 Å². The summed E-state index contributed by atoms with van der Waals surface area (Å²) < 4.78 is 13.0. The molecule has 21 heavy (non-hydrogen) atoms. The van der Waals surface area contributed by atoms with Crippen LogP contribution in [-0.2, 0) is 16.1 Å². The molecule has 0 bridgehead atoms. The van der Waals surface area contributed by atoms with E-state index < -0.39 is 17.6 Å². The summed E-state index contributed by atoms with van der Waals surface area (Å²) in [6, 6.07) is 11.6. The Kier molecular flexibility index (Phi) is 4.50. The smallest absolute Gasteiger partial charge is 0.313 e. The van der Waals surface area contributed by atoms with Crippen LogP contribution in [0.4, 0.5) is 10.1 Å². The minimum atomic E-state index is -0.864. The van der Waals surface area contributed by atoms with E-state index >= 15 is 0 Å². The number of amides is 2. The first-order chi connectivity index (χ1) is 10.0. The summed E-state index contributed by atoms with van der Waals surface area (Å²) in [6.07, 6.45) is 0. The Labute approximate surface area is 120 Å². The number of hydrogen-bond acceptors (Lipinski definition) is 3. The molecule has 2 aromatic carbocycles. The van der Waals surface area contributed by atoms with E-state index in [0.29, 0.717) is 11.3 Å². The van der Waals surface area contributed by atoms with E-state index in [-0.39, 0.29) is 12.3 Å². The van der Waals surface area contributed by atoms with Crippen molar-refractivity contribution in [1.82, 2.24) is 5.32 Å². The van der Waals surface area contributed by atoms with Crippen LogP contribution in [0.1, 0.15) is 5.56 Å². The molecule has 0 saturated carbocycles. The third-order valence-corrected chi connectivity index (χ3v) is 2.65. The summed E-state index contributed by atoms with van der Waals surface area (Å²) in [6.45, 7) is 0.0457. The molecular formula is C15H13FN2O3. The van der Waals surface area contributed by atoms with Gasteiger partial charge >= 0.3 is 11.8 Å². The fraction of sp³-hybridized carbons (Fsp3) is 0.0667. The Morgan fingerprint density at radius 2 is 1.81 bits per heavy atom. The van der Waals surface area contributed by atoms with Gasteiger partial charge in [0.15, 0.2) is 0 Å². The van der Waals surface area contributed by atoms with Crippen LogP contribution in [0.25, 0.3) is 0 Å². The molecule has 0 aromatic heterocycles. The Hall–Kier alpha value is -2.89. The fourth-order valence-electron chi connectivity index (χ4n) is 1.68. The Balaban J connectivity index is 1.89. The summed E-state index contributed by atoms with van der Waals surface area (Å²) in [7, 11) is 0. The maximum Gasteiger partial charge on any atom is 0.313 e. The lowest BCUT2D eigenvalue weighted by atomic mass is 10.2. The number of carbonyl (C=O) groups is 2. The van der Waals surface area contributed by atoms with Crippen LogP contribution in [-0.4, -0.2) is 16.9 Å². The van der Waals surface area contributed by atoms with Crippen LogP contribution in [0.15, 0.2) is 48.5 Å². The second-order valence-electron chi connectivity index (χ2n) is 4.32. The van der Waals surface area contributed by atoms with Gasteiger partial charge in [-0.2, -0.15) is 0 Å². The molecule has 0 fully saturated rings. The first-order valence-electron chi connectivity index (χ1n) is 6.17. The summed E-state index contributed by atoms with van der Waals surface area (Å²) in [5, 5.41) is 14.0. The van der Waals surface area contributed by atoms with Crippen LogP contribution in [0.3, 0.4) is 0 Å². The van der Waals surface area contributed by atoms with Crippen molar-refractivity contribution in [1.29, 1.82) is 0 Å². The molecule has 0 unspecified atom stereocenters. The Morgan fingerprint density at radius 3 is 2.52 bits per heavy atom. The van der Waals surface area contributed by atoms with Gasteiger partial charge in [-0.1, -0.05) is 18.2 Å². The van der Waals surface area contributed by atoms with Crippen LogP contribution in [0, 0.1) is 5.82 Å². The largest absolute Gasteiger partial charge is 0.508 e. The highest BCUT2D eigenvalue weighted by Gasteiger charge is 2.13. The van der Waals surface area contributed by atoms with Crippen molar-refractivity contribution in [2.45, 2.75) is 6.54 Å². The zero-order valence-corrected chi connectivity index (χ0v) is 11.0. The maximum atomic E-state index is 13.0. The molecule has 108 valence electrons. The second kappa shape index (κ2) is 6.51. The molecule has 0 aliphatic carbocycles. The highest BCUT2D eigenvalue weighted by Crippen LogP contribution is 2.15. The van der Waals surface area contributed by atoms with Gasteiger partial charge in [0.25, 0.3) is 0 Å². The summed E-state index contributed by atoms with van der Waals surface area (Å²) in [5.74, 6) is -2.14. The number of benzene rings is 2. The number of aromatic hydroxyl groups is 1. The molecule has 0 radical (unpaired) electrons. The zero-order valence-electron chi connectivity index (χ0n) is 11.0. The SMILES string of the molecule is O=C(NCc1cccc(F)c1)C(=O)Nc1cccc(O)c1. The standard InChI is InChI=1S/C15H13FN2O3/c16-11-4-1-3-10(7-11)9-17-14(20)15(21)18-12-5-2-6-13(19)8-12/h1-8,19H,9H2,(H,17,20)(H,18,21). The average molecular weight is 288 g/mol. The normalized spacial score (nSPS) is 9.95. The van der Waals surface area contributed by atoms with E-state index in [4.69, 9.17) is 0 Å². The summed E-state index contributed by atoms with van der Waals surface area (Å²) in [5.41, 5.74) is 0.856. The van der Waals surface area contributed by atoms with Crippen LogP contribution >= 0.6 is 0 Å². The first kappa shape index (κ1) is 14.5. The maximum absolute atomic E-state index is 13.0. The molecule has 0 aliphatic rings. The fourth-order valence-corrected chi connectivity index (χ4v) is 1.68. The third kappa shape index (κ3) is 4.31. The van der Waals surface area contributed by atoms with Crippen LogP contribution < -0.4 is 10.6 Å². The minimum Gasteiger partial charge on any atom is -0.508 e. The molecule has 0 saturated heterocycles. The van der Waals surface area contributed by atoms with Gasteiger partial charge < -0.3 is 15.7 Å². The zero-order chi connectivity index (χ0) is 15.2. The monoisotopic (exact) mass is 288 g/mol. The highest BCUT2D eigenvalue weighted by atomic mass is 19.1. The van der Waals surface area contributed by atoms with Gasteiger partial charge in [0.05, 0.1) is 0 Å². The summed E-state index contributed by atoms with van der Waals surface area (Å²) in [4.78, 5) is 23.2. The van der Waals surface area contributed by atoms with Gasteiger partial charge in [0.1, 0.15) is 11.6 Å². The minimum absolute atomic E-state index is 0.0204. The van der Waals surface area contributed by atoms with E-state index in [9.17, 15) is 19.1 Å². The third-order valence-electron chi connectivity index (χ3n) is 2.65. The second-order valence-corrected chi connectivity index (χ2v) is 4.32. The first-order valence-corrected chi connectivity index (χ1v) is 6.17. The number of phenols is 1. The van der Waals surface area contributed by atoms with Gasteiger partial charge in [0, 0.05) is 18.3 Å². The predicted octanol–water partition coefficient (Wildman–Crippen LogP) is 1.79. The number of nitrogens with one attached hydrogen (secondary N) is 2. The molecule has 2 rings (SSSR count). The summed E-state index contributed by atoms with van der Waals surface area (Å²) >= 11 is 0. The van der Waals surface area contributed by atoms with Crippen molar-refractivity contribution in [3.8, 4) is 5.75 Å². The molecule has 5 nitrogen and oxygen atoms in total. The van der Waals surface area contributed by atoms with Crippen molar-refractivity contribution < 1.29 is 19.1 Å². The van der Waals surface area contributed by atoms with E-state index in [1.165, 1.54) is 42.5 Å². The molecule has 0 atom stereocenters. The number of hydrogen-bond donors (Lipinski definition) is 3. The molecule has 2 aromatic rings. The van der Waals surface area contributed by atoms with E-state index in [1.54, 1.807) is 6.07 Å². The van der Waals surface area contributed by atoms with Crippen molar-refractivity contribution >= 4 is 17.5 Å². The Morgan fingerprint density at radius 1 is 1.05 bits per heavy atom.